The minimum atomic E-state index is 1.04. The van der Waals surface area contributed by atoms with Gasteiger partial charge < -0.3 is 4.57 Å². The summed E-state index contributed by atoms with van der Waals surface area (Å²) in [7, 11) is 0. The van der Waals surface area contributed by atoms with E-state index in [1.807, 2.05) is 17.5 Å². The van der Waals surface area contributed by atoms with Crippen LogP contribution in [-0.4, -0.2) is 9.55 Å². The minimum Gasteiger partial charge on any atom is -0.309 e. The van der Waals surface area contributed by atoms with E-state index >= 15 is 0 Å². The molecule has 40 heavy (non-hydrogen) atoms. The zero-order valence-electron chi connectivity index (χ0n) is 21.5. The Balaban J connectivity index is 1.35. The third kappa shape index (κ3) is 3.07. The quantitative estimate of drug-likeness (QED) is 0.205. The fourth-order valence-corrected chi connectivity index (χ4v) is 7.54. The van der Waals surface area contributed by atoms with Crippen molar-refractivity contribution in [2.45, 2.75) is 0 Å². The number of pyridine rings is 1. The lowest BCUT2D eigenvalue weighted by molar-refractivity contribution is 1.18. The third-order valence-electron chi connectivity index (χ3n) is 8.20. The molecule has 0 radical (unpaired) electrons. The van der Waals surface area contributed by atoms with E-state index in [1.54, 1.807) is 0 Å². The van der Waals surface area contributed by atoms with Crippen LogP contribution in [0.5, 0.6) is 0 Å². The second-order valence-corrected chi connectivity index (χ2v) is 11.5. The highest BCUT2D eigenvalue weighted by molar-refractivity contribution is 7.25. The summed E-state index contributed by atoms with van der Waals surface area (Å²) in [6.45, 7) is 0. The van der Waals surface area contributed by atoms with Crippen LogP contribution in [0.15, 0.2) is 134 Å². The van der Waals surface area contributed by atoms with Crippen molar-refractivity contribution >= 4 is 75.0 Å². The number of fused-ring (bicyclic) bond motifs is 9. The van der Waals surface area contributed by atoms with Crippen molar-refractivity contribution in [2.24, 2.45) is 0 Å². The number of hydrogen-bond donors (Lipinski definition) is 0. The van der Waals surface area contributed by atoms with E-state index in [9.17, 15) is 0 Å². The molecule has 3 heterocycles. The first-order valence-electron chi connectivity index (χ1n) is 13.6. The van der Waals surface area contributed by atoms with Crippen molar-refractivity contribution < 1.29 is 0 Å². The lowest BCUT2D eigenvalue weighted by Gasteiger charge is -2.12. The molecule has 0 aliphatic heterocycles. The van der Waals surface area contributed by atoms with Crippen LogP contribution < -0.4 is 0 Å². The highest BCUT2D eigenvalue weighted by Crippen LogP contribution is 2.42. The predicted octanol–water partition coefficient (Wildman–Crippen LogP) is 10.5. The number of aromatic nitrogens is 2. The molecule has 0 aliphatic rings. The molecule has 0 unspecified atom stereocenters. The molecule has 9 aromatic rings. The number of hydrogen-bond acceptors (Lipinski definition) is 2. The van der Waals surface area contributed by atoms with Gasteiger partial charge in [-0.1, -0.05) is 66.7 Å². The van der Waals surface area contributed by atoms with Crippen molar-refractivity contribution in [3.8, 4) is 16.8 Å². The molecule has 0 bridgehead atoms. The van der Waals surface area contributed by atoms with Crippen LogP contribution in [0.4, 0.5) is 0 Å². The molecule has 9 rings (SSSR count). The van der Waals surface area contributed by atoms with Crippen molar-refractivity contribution in [2.75, 3.05) is 0 Å². The maximum absolute atomic E-state index is 4.92. The normalized spacial score (nSPS) is 12.0. The molecule has 3 aromatic heterocycles. The number of para-hydroxylation sites is 2. The van der Waals surface area contributed by atoms with Gasteiger partial charge >= 0.3 is 0 Å². The van der Waals surface area contributed by atoms with Crippen LogP contribution in [0.25, 0.3) is 80.5 Å². The molecule has 3 heteroatoms. The number of nitrogens with zero attached hydrogens (tertiary/aromatic N) is 2. The van der Waals surface area contributed by atoms with Crippen LogP contribution in [0, 0.1) is 0 Å². The minimum absolute atomic E-state index is 1.04. The molecular formula is C37H22N2S. The molecular weight excluding hydrogens is 504 g/mol. The van der Waals surface area contributed by atoms with E-state index in [0.717, 1.165) is 5.52 Å². The average Bonchev–Trinajstić information content (AvgIpc) is 3.55. The fourth-order valence-electron chi connectivity index (χ4n) is 6.42. The largest absolute Gasteiger partial charge is 0.309 e. The number of thiophene rings is 1. The monoisotopic (exact) mass is 526 g/mol. The number of rotatable bonds is 2. The Hall–Kier alpha value is -4.99. The summed E-state index contributed by atoms with van der Waals surface area (Å²) >= 11 is 1.87. The average molecular weight is 527 g/mol. The molecule has 2 nitrogen and oxygen atoms in total. The van der Waals surface area contributed by atoms with E-state index in [1.165, 1.54) is 75.0 Å². The first-order chi connectivity index (χ1) is 19.8. The molecule has 0 N–H and O–H groups in total. The molecule has 186 valence electrons. The lowest BCUT2D eigenvalue weighted by atomic mass is 9.94. The standard InChI is InChI=1S/C37H22N2S/c1-2-9-25(10-3-1)39-33-14-6-4-11-26(33)31-19-23(16-17-34(31)39)30-20-24-21-32-27-12-5-7-15-35(27)40-36(32)22-29(24)28-13-8-18-38-37(28)30/h1-22H. The van der Waals surface area contributed by atoms with E-state index in [2.05, 4.69) is 132 Å². The topological polar surface area (TPSA) is 17.8 Å². The van der Waals surface area contributed by atoms with Gasteiger partial charge in [0, 0.05) is 53.8 Å². The molecule has 0 spiro atoms. The summed E-state index contributed by atoms with van der Waals surface area (Å²) in [6.07, 6.45) is 1.91. The van der Waals surface area contributed by atoms with E-state index in [0.29, 0.717) is 0 Å². The van der Waals surface area contributed by atoms with Gasteiger partial charge in [-0.05, 0) is 77.0 Å². The third-order valence-corrected chi connectivity index (χ3v) is 9.33. The van der Waals surface area contributed by atoms with Crippen LogP contribution in [0.1, 0.15) is 0 Å². The Morgan fingerprint density at radius 2 is 1.27 bits per heavy atom. The summed E-state index contributed by atoms with van der Waals surface area (Å²) in [5.41, 5.74) is 6.99. The maximum atomic E-state index is 4.92. The van der Waals surface area contributed by atoms with E-state index < -0.39 is 0 Å². The van der Waals surface area contributed by atoms with Gasteiger partial charge in [0.1, 0.15) is 0 Å². The van der Waals surface area contributed by atoms with Gasteiger partial charge in [0.15, 0.2) is 0 Å². The highest BCUT2D eigenvalue weighted by Gasteiger charge is 2.16. The van der Waals surface area contributed by atoms with Crippen LogP contribution in [0.2, 0.25) is 0 Å². The van der Waals surface area contributed by atoms with Gasteiger partial charge in [-0.15, -0.1) is 11.3 Å². The Kier molecular flexibility index (Phi) is 4.52. The molecule has 0 saturated heterocycles. The first kappa shape index (κ1) is 21.9. The van der Waals surface area contributed by atoms with Crippen molar-refractivity contribution in [3.05, 3.63) is 134 Å². The lowest BCUT2D eigenvalue weighted by Crippen LogP contribution is -1.93. The van der Waals surface area contributed by atoms with Gasteiger partial charge in [-0.2, -0.15) is 0 Å². The van der Waals surface area contributed by atoms with Crippen molar-refractivity contribution in [3.63, 3.8) is 0 Å². The van der Waals surface area contributed by atoms with E-state index in [-0.39, 0.29) is 0 Å². The molecule has 0 fully saturated rings. The zero-order chi connectivity index (χ0) is 26.2. The van der Waals surface area contributed by atoms with Crippen molar-refractivity contribution in [1.29, 1.82) is 0 Å². The maximum Gasteiger partial charge on any atom is 0.0786 e. The molecule has 0 saturated carbocycles. The Morgan fingerprint density at radius 3 is 2.20 bits per heavy atom. The summed E-state index contributed by atoms with van der Waals surface area (Å²) in [5, 5.41) is 8.86. The molecule has 0 amide bonds. The Morgan fingerprint density at radius 1 is 0.500 bits per heavy atom. The van der Waals surface area contributed by atoms with Gasteiger partial charge in [0.05, 0.1) is 16.6 Å². The zero-order valence-corrected chi connectivity index (χ0v) is 22.3. The Bertz CT molecular complexity index is 2430. The number of benzene rings is 6. The van der Waals surface area contributed by atoms with Crippen LogP contribution >= 0.6 is 11.3 Å². The SMILES string of the molecule is c1ccc(-n2c3ccccc3c3cc(-c4cc5cc6c(cc5c5cccnc45)sc4ccccc46)ccc32)cc1. The van der Waals surface area contributed by atoms with Crippen LogP contribution in [0.3, 0.4) is 0 Å². The summed E-state index contributed by atoms with van der Waals surface area (Å²) in [6, 6.07) is 46.3. The van der Waals surface area contributed by atoms with Gasteiger partial charge in [0.2, 0.25) is 0 Å². The predicted molar refractivity (Wildman–Crippen MR) is 172 cm³/mol. The fraction of sp³-hybridized carbons (Fsp3) is 0. The second kappa shape index (κ2) is 8.25. The highest BCUT2D eigenvalue weighted by atomic mass is 32.1. The summed E-state index contributed by atoms with van der Waals surface area (Å²) in [4.78, 5) is 4.92. The first-order valence-corrected chi connectivity index (χ1v) is 14.4. The van der Waals surface area contributed by atoms with Crippen molar-refractivity contribution in [1.82, 2.24) is 9.55 Å². The van der Waals surface area contributed by atoms with Gasteiger partial charge in [-0.3, -0.25) is 4.98 Å². The summed E-state index contributed by atoms with van der Waals surface area (Å²) < 4.78 is 5.02. The van der Waals surface area contributed by atoms with Crippen LogP contribution in [-0.2, 0) is 0 Å². The van der Waals surface area contributed by atoms with Gasteiger partial charge in [0.25, 0.3) is 0 Å². The van der Waals surface area contributed by atoms with E-state index in [4.69, 9.17) is 4.98 Å². The summed E-state index contributed by atoms with van der Waals surface area (Å²) in [5.74, 6) is 0. The second-order valence-electron chi connectivity index (χ2n) is 10.4. The smallest absolute Gasteiger partial charge is 0.0786 e. The molecule has 0 aliphatic carbocycles. The molecule has 6 aromatic carbocycles. The Labute approximate surface area is 234 Å². The van der Waals surface area contributed by atoms with Gasteiger partial charge in [-0.25, -0.2) is 0 Å². The molecule has 0 atom stereocenters.